The number of carbonyl (C=O) groups is 2. The van der Waals surface area contributed by atoms with Gasteiger partial charge in [0.2, 0.25) is 5.91 Å². The number of aromatic nitrogens is 2. The molecule has 0 unspecified atom stereocenters. The number of urea groups is 1. The molecule has 110 valence electrons. The van der Waals surface area contributed by atoms with Crippen LogP contribution in [-0.4, -0.2) is 46.3 Å². The molecule has 2 heterocycles. The number of likely N-dealkylation sites (tertiary alicyclic amines) is 1. The fourth-order valence-corrected chi connectivity index (χ4v) is 2.42. The Hall–Kier alpha value is -2.05. The number of hydrogen-bond acceptors (Lipinski definition) is 3. The molecule has 3 N–H and O–H groups in total. The van der Waals surface area contributed by atoms with Gasteiger partial charge in [-0.2, -0.15) is 5.10 Å². The van der Waals surface area contributed by atoms with Crippen molar-refractivity contribution in [2.75, 3.05) is 19.6 Å². The number of nitrogens with zero attached hydrogens (tertiary/aromatic N) is 3. The van der Waals surface area contributed by atoms with Gasteiger partial charge >= 0.3 is 6.03 Å². The fourth-order valence-electron chi connectivity index (χ4n) is 2.42. The number of hydrogen-bond donors (Lipinski definition) is 2. The Morgan fingerprint density at radius 2 is 2.30 bits per heavy atom. The number of primary amides is 1. The smallest absolute Gasteiger partial charge is 0.314 e. The van der Waals surface area contributed by atoms with E-state index in [9.17, 15) is 9.59 Å². The number of amides is 3. The topological polar surface area (TPSA) is 93.3 Å². The van der Waals surface area contributed by atoms with E-state index in [0.29, 0.717) is 19.6 Å². The van der Waals surface area contributed by atoms with Crippen LogP contribution in [0, 0.1) is 5.92 Å². The molecule has 0 spiro atoms. The molecule has 1 aliphatic heterocycles. The summed E-state index contributed by atoms with van der Waals surface area (Å²) in [7, 11) is 0. The van der Waals surface area contributed by atoms with E-state index in [4.69, 9.17) is 5.73 Å². The number of carbonyl (C=O) groups excluding carboxylic acids is 2. The van der Waals surface area contributed by atoms with Gasteiger partial charge in [0.05, 0.1) is 5.92 Å². The SMILES string of the molecule is NC(=O)N1CCC[C@H](C(=O)NCCCn2cccn2)C1. The molecule has 7 nitrogen and oxygen atoms in total. The minimum absolute atomic E-state index is 0.0106. The summed E-state index contributed by atoms with van der Waals surface area (Å²) in [5, 5.41) is 7.01. The predicted molar refractivity (Wildman–Crippen MR) is 73.7 cm³/mol. The van der Waals surface area contributed by atoms with Crippen molar-refractivity contribution < 1.29 is 9.59 Å². The van der Waals surface area contributed by atoms with Crippen molar-refractivity contribution in [1.29, 1.82) is 0 Å². The Morgan fingerprint density at radius 3 is 3.00 bits per heavy atom. The fraction of sp³-hybridized carbons (Fsp3) is 0.615. The summed E-state index contributed by atoms with van der Waals surface area (Å²) >= 11 is 0. The van der Waals surface area contributed by atoms with Gasteiger partial charge in [0.15, 0.2) is 0 Å². The largest absolute Gasteiger partial charge is 0.356 e. The summed E-state index contributed by atoms with van der Waals surface area (Å²) in [5.41, 5.74) is 5.25. The molecular formula is C13H21N5O2. The van der Waals surface area contributed by atoms with Crippen LogP contribution in [0.1, 0.15) is 19.3 Å². The maximum Gasteiger partial charge on any atom is 0.314 e. The molecule has 1 aliphatic rings. The minimum atomic E-state index is -0.443. The highest BCUT2D eigenvalue weighted by molar-refractivity contribution is 5.80. The monoisotopic (exact) mass is 279 g/mol. The quantitative estimate of drug-likeness (QED) is 0.753. The van der Waals surface area contributed by atoms with Crippen LogP contribution < -0.4 is 11.1 Å². The van der Waals surface area contributed by atoms with Gasteiger partial charge in [-0.05, 0) is 25.3 Å². The van der Waals surface area contributed by atoms with Crippen LogP contribution in [0.25, 0.3) is 0 Å². The summed E-state index contributed by atoms with van der Waals surface area (Å²) in [5.74, 6) is -0.127. The molecule has 2 rings (SSSR count). The maximum absolute atomic E-state index is 12.0. The van der Waals surface area contributed by atoms with Crippen molar-refractivity contribution >= 4 is 11.9 Å². The minimum Gasteiger partial charge on any atom is -0.356 e. The maximum atomic E-state index is 12.0. The highest BCUT2D eigenvalue weighted by atomic mass is 16.2. The van der Waals surface area contributed by atoms with E-state index < -0.39 is 6.03 Å². The molecule has 0 saturated carbocycles. The highest BCUT2D eigenvalue weighted by Gasteiger charge is 2.26. The van der Waals surface area contributed by atoms with Gasteiger partial charge in [-0.3, -0.25) is 9.48 Å². The van der Waals surface area contributed by atoms with Gasteiger partial charge in [-0.25, -0.2) is 4.79 Å². The normalized spacial score (nSPS) is 18.8. The lowest BCUT2D eigenvalue weighted by molar-refractivity contribution is -0.126. The summed E-state index contributed by atoms with van der Waals surface area (Å²) < 4.78 is 1.83. The Labute approximate surface area is 118 Å². The van der Waals surface area contributed by atoms with Gasteiger partial charge in [0.1, 0.15) is 0 Å². The molecule has 0 bridgehead atoms. The van der Waals surface area contributed by atoms with Crippen molar-refractivity contribution in [2.45, 2.75) is 25.8 Å². The predicted octanol–water partition coefficient (Wildman–Crippen LogP) is 0.180. The third-order valence-corrected chi connectivity index (χ3v) is 3.53. The lowest BCUT2D eigenvalue weighted by Crippen LogP contribution is -2.47. The Morgan fingerprint density at radius 1 is 1.45 bits per heavy atom. The molecule has 0 radical (unpaired) electrons. The average Bonchev–Trinajstić information content (AvgIpc) is 2.96. The van der Waals surface area contributed by atoms with E-state index in [-0.39, 0.29) is 11.8 Å². The highest BCUT2D eigenvalue weighted by Crippen LogP contribution is 2.16. The summed E-state index contributed by atoms with van der Waals surface area (Å²) in [6.07, 6.45) is 6.11. The Balaban J connectivity index is 1.67. The molecule has 7 heteroatoms. The second kappa shape index (κ2) is 6.93. The van der Waals surface area contributed by atoms with E-state index in [2.05, 4.69) is 10.4 Å². The van der Waals surface area contributed by atoms with Crippen molar-refractivity contribution in [3.05, 3.63) is 18.5 Å². The molecule has 3 amide bonds. The van der Waals surface area contributed by atoms with Crippen LogP contribution in [0.15, 0.2) is 18.5 Å². The molecule has 1 saturated heterocycles. The zero-order valence-corrected chi connectivity index (χ0v) is 11.5. The molecule has 20 heavy (non-hydrogen) atoms. The van der Waals surface area contributed by atoms with Crippen LogP contribution in [0.4, 0.5) is 4.79 Å². The van der Waals surface area contributed by atoms with Crippen molar-refractivity contribution in [1.82, 2.24) is 20.0 Å². The van der Waals surface area contributed by atoms with Gasteiger partial charge in [-0.1, -0.05) is 0 Å². The average molecular weight is 279 g/mol. The standard InChI is InChI=1S/C13H21N5O2/c14-13(20)17-7-1-4-11(10-17)12(19)15-5-2-8-18-9-3-6-16-18/h3,6,9,11H,1-2,4-5,7-8,10H2,(H2,14,20)(H,15,19)/t11-/m0/s1. The summed E-state index contributed by atoms with van der Waals surface area (Å²) in [6.45, 7) is 2.48. The van der Waals surface area contributed by atoms with Crippen LogP contribution in [0.2, 0.25) is 0 Å². The van der Waals surface area contributed by atoms with E-state index in [1.807, 2.05) is 16.9 Å². The zero-order chi connectivity index (χ0) is 14.4. The third kappa shape index (κ3) is 3.97. The first-order chi connectivity index (χ1) is 9.66. The van der Waals surface area contributed by atoms with E-state index in [1.165, 1.54) is 4.90 Å². The molecule has 1 aromatic heterocycles. The lowest BCUT2D eigenvalue weighted by Gasteiger charge is -2.30. The molecule has 1 aromatic rings. The van der Waals surface area contributed by atoms with Crippen molar-refractivity contribution in [3.8, 4) is 0 Å². The van der Waals surface area contributed by atoms with E-state index >= 15 is 0 Å². The molecule has 1 atom stereocenters. The van der Waals surface area contributed by atoms with Gasteiger partial charge in [0, 0.05) is 38.6 Å². The molecule has 0 aliphatic carbocycles. The molecule has 1 fully saturated rings. The van der Waals surface area contributed by atoms with Crippen molar-refractivity contribution in [3.63, 3.8) is 0 Å². The summed E-state index contributed by atoms with van der Waals surface area (Å²) in [6, 6.07) is 1.43. The number of rotatable bonds is 5. The second-order valence-corrected chi connectivity index (χ2v) is 5.04. The second-order valence-electron chi connectivity index (χ2n) is 5.04. The number of nitrogens with two attached hydrogens (primary N) is 1. The third-order valence-electron chi connectivity index (χ3n) is 3.53. The first-order valence-corrected chi connectivity index (χ1v) is 6.96. The first kappa shape index (κ1) is 14.4. The van der Waals surface area contributed by atoms with E-state index in [0.717, 1.165) is 25.8 Å². The zero-order valence-electron chi connectivity index (χ0n) is 11.5. The first-order valence-electron chi connectivity index (χ1n) is 6.96. The lowest BCUT2D eigenvalue weighted by atomic mass is 9.97. The summed E-state index contributed by atoms with van der Waals surface area (Å²) in [4.78, 5) is 24.7. The van der Waals surface area contributed by atoms with Crippen LogP contribution >= 0.6 is 0 Å². The molecule has 0 aromatic carbocycles. The van der Waals surface area contributed by atoms with Gasteiger partial charge < -0.3 is 16.0 Å². The number of nitrogens with one attached hydrogen (secondary N) is 1. The van der Waals surface area contributed by atoms with Gasteiger partial charge in [0.25, 0.3) is 0 Å². The number of piperidine rings is 1. The Kier molecular flexibility index (Phi) is 4.97. The van der Waals surface area contributed by atoms with Crippen LogP contribution in [0.3, 0.4) is 0 Å². The Bertz CT molecular complexity index is 446. The van der Waals surface area contributed by atoms with Crippen LogP contribution in [0.5, 0.6) is 0 Å². The van der Waals surface area contributed by atoms with Gasteiger partial charge in [-0.15, -0.1) is 0 Å². The number of aryl methyl sites for hydroxylation is 1. The van der Waals surface area contributed by atoms with E-state index in [1.54, 1.807) is 6.20 Å². The van der Waals surface area contributed by atoms with Crippen molar-refractivity contribution in [2.24, 2.45) is 11.7 Å². The van der Waals surface area contributed by atoms with Crippen LogP contribution in [-0.2, 0) is 11.3 Å². The molecular weight excluding hydrogens is 258 g/mol.